The molecule has 0 spiro atoms. The van der Waals surface area contributed by atoms with Crippen molar-refractivity contribution in [2.24, 2.45) is 0 Å². The monoisotopic (exact) mass is 235 g/mol. The first kappa shape index (κ1) is 10.9. The molecule has 5 heteroatoms. The molecular weight excluding hydrogens is 222 g/mol. The molecule has 0 aliphatic heterocycles. The van der Waals surface area contributed by atoms with E-state index in [-0.39, 0.29) is 0 Å². The van der Waals surface area contributed by atoms with Crippen molar-refractivity contribution in [3.8, 4) is 5.75 Å². The molecule has 4 nitrogen and oxygen atoms in total. The van der Waals surface area contributed by atoms with E-state index in [1.807, 2.05) is 12.4 Å². The molecule has 0 atom stereocenters. The van der Waals surface area contributed by atoms with Crippen LogP contribution in [-0.2, 0) is 6.42 Å². The molecule has 2 aromatic heterocycles. The molecule has 0 fully saturated rings. The molecule has 2 heterocycles. The van der Waals surface area contributed by atoms with Gasteiger partial charge in [0.15, 0.2) is 0 Å². The van der Waals surface area contributed by atoms with E-state index in [1.54, 1.807) is 29.8 Å². The fourth-order valence-corrected chi connectivity index (χ4v) is 2.10. The Bertz CT molecular complexity index is 470. The summed E-state index contributed by atoms with van der Waals surface area (Å²) in [6.07, 6.45) is 4.13. The number of ether oxygens (including phenoxy) is 1. The lowest BCUT2D eigenvalue weighted by atomic mass is 10.3. The lowest BCUT2D eigenvalue weighted by Gasteiger charge is -2.05. The number of nitrogen functional groups attached to an aromatic ring is 1. The fourth-order valence-electron chi connectivity index (χ4n) is 1.34. The Morgan fingerprint density at radius 1 is 1.44 bits per heavy atom. The molecule has 0 bridgehead atoms. The van der Waals surface area contributed by atoms with Gasteiger partial charge in [0, 0.05) is 17.4 Å². The third-order valence-corrected chi connectivity index (χ3v) is 3.17. The van der Waals surface area contributed by atoms with Crippen LogP contribution in [0.3, 0.4) is 0 Å². The van der Waals surface area contributed by atoms with Crippen molar-refractivity contribution in [2.45, 2.75) is 13.3 Å². The van der Waals surface area contributed by atoms with Gasteiger partial charge in [-0.3, -0.25) is 4.98 Å². The van der Waals surface area contributed by atoms with Gasteiger partial charge in [-0.1, -0.05) is 0 Å². The highest BCUT2D eigenvalue weighted by molar-refractivity contribution is 7.09. The fraction of sp³-hybridized carbons (Fsp3) is 0.273. The Balaban J connectivity index is 1.87. The van der Waals surface area contributed by atoms with E-state index in [2.05, 4.69) is 9.97 Å². The van der Waals surface area contributed by atoms with Crippen molar-refractivity contribution in [3.05, 3.63) is 34.5 Å². The summed E-state index contributed by atoms with van der Waals surface area (Å²) in [5, 5.41) is 0. The van der Waals surface area contributed by atoms with Gasteiger partial charge in [0.25, 0.3) is 0 Å². The smallest absolute Gasteiger partial charge is 0.139 e. The molecule has 0 saturated carbocycles. The topological polar surface area (TPSA) is 61.0 Å². The van der Waals surface area contributed by atoms with Gasteiger partial charge in [0.05, 0.1) is 35.9 Å². The minimum absolute atomic E-state index is 0.617. The molecule has 16 heavy (non-hydrogen) atoms. The maximum atomic E-state index is 5.60. The number of thiazole rings is 1. The summed E-state index contributed by atoms with van der Waals surface area (Å²) in [6, 6.07) is 1.77. The minimum Gasteiger partial charge on any atom is -0.492 e. The third-order valence-electron chi connectivity index (χ3n) is 2.18. The molecule has 0 aliphatic rings. The predicted molar refractivity (Wildman–Crippen MR) is 64.7 cm³/mol. The summed E-state index contributed by atoms with van der Waals surface area (Å²) in [5.41, 5.74) is 9.15. The largest absolute Gasteiger partial charge is 0.492 e. The zero-order valence-corrected chi connectivity index (χ0v) is 9.83. The van der Waals surface area contributed by atoms with Gasteiger partial charge in [-0.05, 0) is 6.92 Å². The number of rotatable bonds is 4. The lowest BCUT2D eigenvalue weighted by Crippen LogP contribution is -2.02. The molecule has 0 amide bonds. The van der Waals surface area contributed by atoms with E-state index < -0.39 is 0 Å². The molecule has 0 aliphatic carbocycles. The van der Waals surface area contributed by atoms with Gasteiger partial charge < -0.3 is 10.5 Å². The van der Waals surface area contributed by atoms with Crippen LogP contribution in [0, 0.1) is 6.92 Å². The average Bonchev–Trinajstić information content (AvgIpc) is 2.65. The van der Waals surface area contributed by atoms with Crippen molar-refractivity contribution in [3.63, 3.8) is 0 Å². The van der Waals surface area contributed by atoms with Crippen LogP contribution in [0.4, 0.5) is 5.69 Å². The van der Waals surface area contributed by atoms with E-state index in [4.69, 9.17) is 10.5 Å². The molecular formula is C11H13N3OS. The summed E-state index contributed by atoms with van der Waals surface area (Å²) < 4.78 is 5.55. The summed E-state index contributed by atoms with van der Waals surface area (Å²) >= 11 is 1.66. The first-order valence-corrected chi connectivity index (χ1v) is 5.86. The van der Waals surface area contributed by atoms with Crippen molar-refractivity contribution in [1.82, 2.24) is 9.97 Å². The van der Waals surface area contributed by atoms with Crippen LogP contribution in [0.5, 0.6) is 5.75 Å². The van der Waals surface area contributed by atoms with E-state index in [0.717, 1.165) is 12.1 Å². The van der Waals surface area contributed by atoms with Crippen molar-refractivity contribution in [2.75, 3.05) is 12.3 Å². The van der Waals surface area contributed by atoms with Gasteiger partial charge in [-0.25, -0.2) is 4.98 Å². The highest BCUT2D eigenvalue weighted by atomic mass is 32.1. The molecule has 0 unspecified atom stereocenters. The standard InChI is InChI=1S/C11H13N3OS/c1-8-11(16-7-14-8)2-3-15-10-4-9(12)5-13-6-10/h4-7H,2-3,12H2,1H3. The Kier molecular flexibility index (Phi) is 3.36. The highest BCUT2D eigenvalue weighted by Crippen LogP contribution is 2.15. The SMILES string of the molecule is Cc1ncsc1CCOc1cncc(N)c1. The van der Waals surface area contributed by atoms with Crippen LogP contribution >= 0.6 is 11.3 Å². The molecule has 0 radical (unpaired) electrons. The predicted octanol–water partition coefficient (Wildman–Crippen LogP) is 2.05. The van der Waals surface area contributed by atoms with Crippen LogP contribution in [0.15, 0.2) is 24.0 Å². The Hall–Kier alpha value is -1.62. The molecule has 2 N–H and O–H groups in total. The number of hydrogen-bond donors (Lipinski definition) is 1. The number of nitrogens with zero attached hydrogens (tertiary/aromatic N) is 2. The number of pyridine rings is 1. The quantitative estimate of drug-likeness (QED) is 0.881. The first-order chi connectivity index (χ1) is 7.75. The maximum absolute atomic E-state index is 5.60. The van der Waals surface area contributed by atoms with Gasteiger partial charge >= 0.3 is 0 Å². The number of hydrogen-bond acceptors (Lipinski definition) is 5. The average molecular weight is 235 g/mol. The van der Waals surface area contributed by atoms with Gasteiger partial charge in [-0.15, -0.1) is 11.3 Å². The zero-order valence-electron chi connectivity index (χ0n) is 9.01. The maximum Gasteiger partial charge on any atom is 0.139 e. The Morgan fingerprint density at radius 3 is 3.00 bits per heavy atom. The third kappa shape index (κ3) is 2.70. The summed E-state index contributed by atoms with van der Waals surface area (Å²) in [4.78, 5) is 9.41. The van der Waals surface area contributed by atoms with Gasteiger partial charge in [0.1, 0.15) is 5.75 Å². The lowest BCUT2D eigenvalue weighted by molar-refractivity contribution is 0.321. The normalized spacial score (nSPS) is 10.3. The van der Waals surface area contributed by atoms with Gasteiger partial charge in [-0.2, -0.15) is 0 Å². The second kappa shape index (κ2) is 4.94. The van der Waals surface area contributed by atoms with Crippen molar-refractivity contribution in [1.29, 1.82) is 0 Å². The van der Waals surface area contributed by atoms with Crippen LogP contribution in [0.2, 0.25) is 0 Å². The molecule has 84 valence electrons. The van der Waals surface area contributed by atoms with Crippen molar-refractivity contribution < 1.29 is 4.74 Å². The van der Waals surface area contributed by atoms with Crippen LogP contribution in [-0.4, -0.2) is 16.6 Å². The summed E-state index contributed by atoms with van der Waals surface area (Å²) in [6.45, 7) is 2.63. The molecule has 2 aromatic rings. The second-order valence-corrected chi connectivity index (χ2v) is 4.35. The number of aromatic nitrogens is 2. The number of nitrogens with two attached hydrogens (primary N) is 1. The Labute approximate surface area is 98.1 Å². The van der Waals surface area contributed by atoms with Crippen LogP contribution in [0.1, 0.15) is 10.6 Å². The molecule has 2 rings (SSSR count). The first-order valence-electron chi connectivity index (χ1n) is 4.98. The minimum atomic E-state index is 0.617. The zero-order chi connectivity index (χ0) is 11.4. The van der Waals surface area contributed by atoms with Gasteiger partial charge in [0.2, 0.25) is 0 Å². The van der Waals surface area contributed by atoms with Crippen LogP contribution in [0.25, 0.3) is 0 Å². The van der Waals surface area contributed by atoms with E-state index >= 15 is 0 Å². The van der Waals surface area contributed by atoms with E-state index in [9.17, 15) is 0 Å². The summed E-state index contributed by atoms with van der Waals surface area (Å²) in [5.74, 6) is 0.710. The van der Waals surface area contributed by atoms with E-state index in [0.29, 0.717) is 18.0 Å². The second-order valence-electron chi connectivity index (χ2n) is 3.41. The van der Waals surface area contributed by atoms with Crippen molar-refractivity contribution >= 4 is 17.0 Å². The van der Waals surface area contributed by atoms with Crippen LogP contribution < -0.4 is 10.5 Å². The Morgan fingerprint density at radius 2 is 2.31 bits per heavy atom. The highest BCUT2D eigenvalue weighted by Gasteiger charge is 2.01. The molecule has 0 aromatic carbocycles. The number of aryl methyl sites for hydroxylation is 1. The summed E-state index contributed by atoms with van der Waals surface area (Å²) in [7, 11) is 0. The van der Waals surface area contributed by atoms with E-state index in [1.165, 1.54) is 4.88 Å². The molecule has 0 saturated heterocycles. The number of anilines is 1.